The Morgan fingerprint density at radius 1 is 1.58 bits per heavy atom. The molecule has 3 nitrogen and oxygen atoms in total. The van der Waals surface area contributed by atoms with E-state index in [4.69, 9.17) is 10.8 Å². The highest BCUT2D eigenvalue weighted by atomic mass is 32.2. The molecule has 72 valence electrons. The summed E-state index contributed by atoms with van der Waals surface area (Å²) < 4.78 is 0. The average molecular weight is 191 g/mol. The summed E-state index contributed by atoms with van der Waals surface area (Å²) in [4.78, 5) is 10.1. The summed E-state index contributed by atoms with van der Waals surface area (Å²) in [6, 6.07) is 0.184. The first-order chi connectivity index (χ1) is 5.54. The molecule has 0 aromatic carbocycles. The van der Waals surface area contributed by atoms with Crippen LogP contribution in [0.2, 0.25) is 0 Å². The molecule has 0 rings (SSSR count). The number of nitrogens with two attached hydrogens (primary N) is 1. The van der Waals surface area contributed by atoms with Crippen LogP contribution in [-0.4, -0.2) is 28.6 Å². The van der Waals surface area contributed by atoms with E-state index < -0.39 is 5.97 Å². The first-order valence-corrected chi connectivity index (χ1v) is 5.24. The summed E-state index contributed by atoms with van der Waals surface area (Å²) in [5.74, 6) is 1.25. The van der Waals surface area contributed by atoms with Crippen LogP contribution in [-0.2, 0) is 4.79 Å². The lowest BCUT2D eigenvalue weighted by atomic mass is 10.1. The largest absolute Gasteiger partial charge is 0.481 e. The summed E-state index contributed by atoms with van der Waals surface area (Å²) in [6.07, 6.45) is 0.232. The van der Waals surface area contributed by atoms with Crippen molar-refractivity contribution >= 4 is 17.7 Å². The van der Waals surface area contributed by atoms with E-state index in [2.05, 4.69) is 13.8 Å². The highest BCUT2D eigenvalue weighted by Crippen LogP contribution is 2.08. The third-order valence-corrected chi connectivity index (χ3v) is 2.74. The number of carboxylic acids is 1. The molecule has 0 aliphatic heterocycles. The van der Waals surface area contributed by atoms with Gasteiger partial charge in [0, 0.05) is 17.5 Å². The van der Waals surface area contributed by atoms with Gasteiger partial charge in [-0.3, -0.25) is 4.79 Å². The van der Waals surface area contributed by atoms with Crippen molar-refractivity contribution in [3.63, 3.8) is 0 Å². The molecule has 0 aromatic rings. The monoisotopic (exact) mass is 191 g/mol. The van der Waals surface area contributed by atoms with Crippen LogP contribution in [0.5, 0.6) is 0 Å². The Bertz CT molecular complexity index is 139. The van der Waals surface area contributed by atoms with Crippen molar-refractivity contribution in [3.05, 3.63) is 0 Å². The number of hydrogen-bond donors (Lipinski definition) is 2. The molecule has 0 bridgehead atoms. The van der Waals surface area contributed by atoms with Gasteiger partial charge in [-0.1, -0.05) is 13.8 Å². The van der Waals surface area contributed by atoms with E-state index in [9.17, 15) is 4.79 Å². The fourth-order valence-electron chi connectivity index (χ4n) is 0.571. The Labute approximate surface area is 77.7 Å². The molecule has 0 heterocycles. The van der Waals surface area contributed by atoms with Crippen LogP contribution in [0.15, 0.2) is 0 Å². The zero-order chi connectivity index (χ0) is 9.56. The lowest BCUT2D eigenvalue weighted by Gasteiger charge is -2.14. The molecule has 1 atom stereocenters. The number of carboxylic acid groups (broad SMARTS) is 1. The van der Waals surface area contributed by atoms with Gasteiger partial charge in [-0.2, -0.15) is 11.8 Å². The van der Waals surface area contributed by atoms with Crippen LogP contribution in [0, 0.1) is 5.92 Å². The van der Waals surface area contributed by atoms with E-state index in [-0.39, 0.29) is 12.5 Å². The predicted octanol–water partition coefficient (Wildman–Crippen LogP) is 1.18. The van der Waals surface area contributed by atoms with E-state index in [0.717, 1.165) is 5.75 Å². The maximum atomic E-state index is 10.1. The fourth-order valence-corrected chi connectivity index (χ4v) is 1.71. The Morgan fingerprint density at radius 3 is 2.58 bits per heavy atom. The van der Waals surface area contributed by atoms with E-state index in [0.29, 0.717) is 11.7 Å². The smallest absolute Gasteiger partial charge is 0.304 e. The van der Waals surface area contributed by atoms with Gasteiger partial charge in [0.25, 0.3) is 0 Å². The second-order valence-corrected chi connectivity index (χ2v) is 4.28. The third kappa shape index (κ3) is 6.49. The molecule has 4 heteroatoms. The summed E-state index contributed by atoms with van der Waals surface area (Å²) in [6.45, 7) is 4.14. The molecule has 3 N–H and O–H groups in total. The van der Waals surface area contributed by atoms with Crippen molar-refractivity contribution in [2.45, 2.75) is 26.3 Å². The van der Waals surface area contributed by atoms with Crippen molar-refractivity contribution in [3.8, 4) is 0 Å². The van der Waals surface area contributed by atoms with Crippen LogP contribution in [0.25, 0.3) is 0 Å². The van der Waals surface area contributed by atoms with Gasteiger partial charge in [0.05, 0.1) is 6.42 Å². The van der Waals surface area contributed by atoms with Crippen molar-refractivity contribution in [1.82, 2.24) is 0 Å². The summed E-state index contributed by atoms with van der Waals surface area (Å²) in [5, 5.41) is 8.34. The fraction of sp³-hybridized carbons (Fsp3) is 0.875. The van der Waals surface area contributed by atoms with Gasteiger partial charge in [-0.15, -0.1) is 0 Å². The highest BCUT2D eigenvalue weighted by Gasteiger charge is 2.07. The maximum absolute atomic E-state index is 10.1. The van der Waals surface area contributed by atoms with Gasteiger partial charge >= 0.3 is 5.97 Å². The van der Waals surface area contributed by atoms with E-state index in [1.165, 1.54) is 0 Å². The van der Waals surface area contributed by atoms with Gasteiger partial charge in [-0.25, -0.2) is 0 Å². The Hall–Kier alpha value is -0.220. The van der Waals surface area contributed by atoms with Crippen LogP contribution < -0.4 is 5.73 Å². The van der Waals surface area contributed by atoms with Crippen molar-refractivity contribution in [2.75, 3.05) is 11.5 Å². The summed E-state index contributed by atoms with van der Waals surface area (Å²) >= 11 is 1.61. The molecule has 0 fully saturated rings. The minimum Gasteiger partial charge on any atom is -0.481 e. The number of aliphatic carboxylic acids is 1. The molecule has 0 aliphatic carbocycles. The molecule has 0 spiro atoms. The van der Waals surface area contributed by atoms with Crippen LogP contribution in [0.3, 0.4) is 0 Å². The Morgan fingerprint density at radius 2 is 2.17 bits per heavy atom. The topological polar surface area (TPSA) is 63.3 Å². The zero-order valence-electron chi connectivity index (χ0n) is 7.62. The number of carbonyl (C=O) groups is 1. The lowest BCUT2D eigenvalue weighted by Crippen LogP contribution is -2.29. The molecule has 0 radical (unpaired) electrons. The first kappa shape index (κ1) is 11.8. The molecule has 0 unspecified atom stereocenters. The van der Waals surface area contributed by atoms with Gasteiger partial charge in [0.15, 0.2) is 0 Å². The van der Waals surface area contributed by atoms with Crippen LogP contribution in [0.1, 0.15) is 20.3 Å². The van der Waals surface area contributed by atoms with Crippen molar-refractivity contribution in [2.24, 2.45) is 11.7 Å². The average Bonchev–Trinajstić information content (AvgIpc) is 1.97. The quantitative estimate of drug-likeness (QED) is 0.619. The minimum absolute atomic E-state index is 0.184. The van der Waals surface area contributed by atoms with Crippen molar-refractivity contribution in [1.29, 1.82) is 0 Å². The summed E-state index contributed by atoms with van der Waals surface area (Å²) in [5.41, 5.74) is 5.77. The molecule has 0 saturated heterocycles. The summed E-state index contributed by atoms with van der Waals surface area (Å²) in [7, 11) is 0. The zero-order valence-corrected chi connectivity index (χ0v) is 8.43. The maximum Gasteiger partial charge on any atom is 0.304 e. The highest BCUT2D eigenvalue weighted by molar-refractivity contribution is 7.99. The Kier molecular flexibility index (Phi) is 6.20. The van der Waals surface area contributed by atoms with Crippen LogP contribution in [0.4, 0.5) is 0 Å². The standard InChI is InChI=1S/C8H17NO2S/c1-6(2)7(9)5-12-4-3-8(10)11/h6-7H,3-5,9H2,1-2H3,(H,10,11)/t7-/m0/s1. The molecule has 0 aromatic heterocycles. The van der Waals surface area contributed by atoms with Crippen molar-refractivity contribution < 1.29 is 9.90 Å². The normalized spacial score (nSPS) is 13.3. The van der Waals surface area contributed by atoms with Gasteiger partial charge < -0.3 is 10.8 Å². The van der Waals surface area contributed by atoms with Gasteiger partial charge in [-0.05, 0) is 5.92 Å². The number of hydrogen-bond acceptors (Lipinski definition) is 3. The minimum atomic E-state index is -0.736. The molecule has 0 saturated carbocycles. The molecule has 0 amide bonds. The second-order valence-electron chi connectivity index (χ2n) is 3.13. The molecule has 12 heavy (non-hydrogen) atoms. The van der Waals surface area contributed by atoms with E-state index in [1.54, 1.807) is 11.8 Å². The third-order valence-electron chi connectivity index (χ3n) is 1.63. The molecule has 0 aliphatic rings. The molecular formula is C8H17NO2S. The molecular weight excluding hydrogens is 174 g/mol. The second kappa shape index (κ2) is 6.31. The predicted molar refractivity (Wildman–Crippen MR) is 52.4 cm³/mol. The van der Waals surface area contributed by atoms with Crippen LogP contribution >= 0.6 is 11.8 Å². The van der Waals surface area contributed by atoms with E-state index in [1.807, 2.05) is 0 Å². The lowest BCUT2D eigenvalue weighted by molar-refractivity contribution is -0.136. The van der Waals surface area contributed by atoms with E-state index >= 15 is 0 Å². The van der Waals surface area contributed by atoms with Gasteiger partial charge in [0.2, 0.25) is 0 Å². The Balaban J connectivity index is 3.25. The van der Waals surface area contributed by atoms with Gasteiger partial charge in [0.1, 0.15) is 0 Å². The number of rotatable bonds is 6. The SMILES string of the molecule is CC(C)[C@@H](N)CSCCC(=O)O. The first-order valence-electron chi connectivity index (χ1n) is 4.09. The number of thioether (sulfide) groups is 1.